The molecule has 2 aromatic carbocycles. The Balaban J connectivity index is 1.45. The van der Waals surface area contributed by atoms with Gasteiger partial charge in [-0.2, -0.15) is 0 Å². The van der Waals surface area contributed by atoms with Crippen LogP contribution in [0, 0.1) is 0 Å². The van der Waals surface area contributed by atoms with Crippen LogP contribution in [-0.4, -0.2) is 48.9 Å². The van der Waals surface area contributed by atoms with Crippen LogP contribution in [0.4, 0.5) is 5.69 Å². The van der Waals surface area contributed by atoms with Gasteiger partial charge in [-0.3, -0.25) is 14.5 Å². The Morgan fingerprint density at radius 3 is 2.56 bits per heavy atom. The van der Waals surface area contributed by atoms with Crippen LogP contribution in [0.5, 0.6) is 17.2 Å². The van der Waals surface area contributed by atoms with Gasteiger partial charge in [0.1, 0.15) is 10.1 Å². The maximum Gasteiger partial charge on any atom is 0.266 e. The van der Waals surface area contributed by atoms with Crippen molar-refractivity contribution in [3.05, 3.63) is 52.9 Å². The molecule has 0 saturated carbocycles. The third-order valence-corrected chi connectivity index (χ3v) is 6.60. The highest BCUT2D eigenvalue weighted by Gasteiger charge is 2.31. The summed E-state index contributed by atoms with van der Waals surface area (Å²) in [6, 6.07) is 12.7. The number of rotatable bonds is 11. The van der Waals surface area contributed by atoms with Gasteiger partial charge in [-0.1, -0.05) is 42.5 Å². The number of hydrogen-bond donors (Lipinski definition) is 1. The summed E-state index contributed by atoms with van der Waals surface area (Å²) >= 11 is 6.72. The van der Waals surface area contributed by atoms with Crippen LogP contribution >= 0.6 is 24.0 Å². The first-order valence-corrected chi connectivity index (χ1v) is 12.1. The molecule has 0 radical (unpaired) electrons. The molecule has 0 spiro atoms. The number of unbranched alkanes of at least 4 members (excludes halogenated alkanes) is 2. The molecule has 180 valence electrons. The average Bonchev–Trinajstić information content (AvgIpc) is 3.10. The van der Waals surface area contributed by atoms with E-state index >= 15 is 0 Å². The summed E-state index contributed by atoms with van der Waals surface area (Å²) in [7, 11) is 4.74. The summed E-state index contributed by atoms with van der Waals surface area (Å²) in [6.45, 7) is 0.533. The van der Waals surface area contributed by atoms with Gasteiger partial charge in [0.2, 0.25) is 5.91 Å². The summed E-state index contributed by atoms with van der Waals surface area (Å²) in [5.41, 5.74) is 1.54. The molecule has 1 N–H and O–H groups in total. The van der Waals surface area contributed by atoms with Gasteiger partial charge in [0.25, 0.3) is 5.91 Å². The second kappa shape index (κ2) is 12.4. The molecular weight excluding hydrogens is 472 g/mol. The van der Waals surface area contributed by atoms with E-state index in [2.05, 4.69) is 5.32 Å². The van der Waals surface area contributed by atoms with E-state index in [0.29, 0.717) is 45.1 Å². The Hall–Kier alpha value is -3.04. The monoisotopic (exact) mass is 500 g/mol. The maximum absolute atomic E-state index is 12.8. The third-order valence-electron chi connectivity index (χ3n) is 5.22. The van der Waals surface area contributed by atoms with Crippen molar-refractivity contribution in [2.45, 2.75) is 25.7 Å². The van der Waals surface area contributed by atoms with Crippen molar-refractivity contribution >= 4 is 51.9 Å². The number of benzene rings is 2. The molecule has 0 aromatic heterocycles. The van der Waals surface area contributed by atoms with Gasteiger partial charge < -0.3 is 19.5 Å². The number of nitrogens with zero attached hydrogens (tertiary/aromatic N) is 1. The molecule has 1 heterocycles. The van der Waals surface area contributed by atoms with Gasteiger partial charge in [-0.25, -0.2) is 0 Å². The fourth-order valence-corrected chi connectivity index (χ4v) is 4.75. The van der Waals surface area contributed by atoms with E-state index in [1.165, 1.54) is 11.8 Å². The van der Waals surface area contributed by atoms with Crippen LogP contribution in [0.25, 0.3) is 6.08 Å². The zero-order chi connectivity index (χ0) is 24.5. The number of carbonyl (C=O) groups excluding carboxylic acids is 2. The van der Waals surface area contributed by atoms with Crippen LogP contribution in [0.15, 0.2) is 47.4 Å². The summed E-state index contributed by atoms with van der Waals surface area (Å²) in [6.07, 6.45) is 4.53. The van der Waals surface area contributed by atoms with E-state index < -0.39 is 0 Å². The molecule has 0 unspecified atom stereocenters. The number of thiocarbonyl (C=S) groups is 1. The first-order valence-electron chi connectivity index (χ1n) is 10.9. The number of hydrogen-bond acceptors (Lipinski definition) is 7. The number of carbonyl (C=O) groups is 2. The van der Waals surface area contributed by atoms with E-state index in [0.717, 1.165) is 24.8 Å². The van der Waals surface area contributed by atoms with Crippen LogP contribution in [0.2, 0.25) is 0 Å². The molecule has 1 fully saturated rings. The van der Waals surface area contributed by atoms with Crippen molar-refractivity contribution in [3.8, 4) is 17.2 Å². The predicted octanol–water partition coefficient (Wildman–Crippen LogP) is 5.11. The van der Waals surface area contributed by atoms with Gasteiger partial charge in [0, 0.05) is 24.7 Å². The highest BCUT2D eigenvalue weighted by molar-refractivity contribution is 8.26. The molecule has 2 amide bonds. The lowest BCUT2D eigenvalue weighted by Gasteiger charge is -2.14. The molecule has 3 rings (SSSR count). The van der Waals surface area contributed by atoms with Gasteiger partial charge in [-0.05, 0) is 48.7 Å². The highest BCUT2D eigenvalue weighted by atomic mass is 32.2. The second-order valence-corrected chi connectivity index (χ2v) is 9.21. The largest absolute Gasteiger partial charge is 0.497 e. The lowest BCUT2D eigenvalue weighted by Crippen LogP contribution is -2.29. The minimum Gasteiger partial charge on any atom is -0.497 e. The number of methoxy groups -OCH3 is 3. The van der Waals surface area contributed by atoms with Crippen LogP contribution < -0.4 is 19.5 Å². The van der Waals surface area contributed by atoms with Gasteiger partial charge in [0.15, 0.2) is 11.5 Å². The Morgan fingerprint density at radius 2 is 1.82 bits per heavy atom. The van der Waals surface area contributed by atoms with E-state index in [1.54, 1.807) is 38.4 Å². The number of amides is 2. The van der Waals surface area contributed by atoms with E-state index in [1.807, 2.05) is 36.4 Å². The van der Waals surface area contributed by atoms with Crippen LogP contribution in [-0.2, 0) is 9.59 Å². The predicted molar refractivity (Wildman–Crippen MR) is 140 cm³/mol. The average molecular weight is 501 g/mol. The van der Waals surface area contributed by atoms with Crippen molar-refractivity contribution in [1.29, 1.82) is 0 Å². The Morgan fingerprint density at radius 1 is 1.03 bits per heavy atom. The minimum atomic E-state index is -0.0967. The number of anilines is 1. The molecule has 34 heavy (non-hydrogen) atoms. The molecule has 0 aliphatic carbocycles. The molecule has 1 saturated heterocycles. The van der Waals surface area contributed by atoms with Crippen molar-refractivity contribution < 1.29 is 23.8 Å². The molecule has 7 nitrogen and oxygen atoms in total. The smallest absolute Gasteiger partial charge is 0.266 e. The number of nitrogens with one attached hydrogen (secondary N) is 1. The molecule has 0 bridgehead atoms. The molecular formula is C25H28N2O5S2. The molecule has 0 atom stereocenters. The SMILES string of the molecule is COc1cccc(NC(=O)CCCCCN2C(=O)C(=Cc3ccc(OC)c(OC)c3)SC2=S)c1. The summed E-state index contributed by atoms with van der Waals surface area (Å²) in [4.78, 5) is 27.2. The van der Waals surface area contributed by atoms with Crippen molar-refractivity contribution in [3.63, 3.8) is 0 Å². The van der Waals surface area contributed by atoms with Gasteiger partial charge >= 0.3 is 0 Å². The molecule has 9 heteroatoms. The lowest BCUT2D eigenvalue weighted by atomic mass is 10.1. The van der Waals surface area contributed by atoms with Gasteiger partial charge in [-0.15, -0.1) is 0 Å². The van der Waals surface area contributed by atoms with Crippen molar-refractivity contribution in [1.82, 2.24) is 4.90 Å². The molecule has 1 aliphatic rings. The van der Waals surface area contributed by atoms with E-state index in [-0.39, 0.29) is 11.8 Å². The zero-order valence-electron chi connectivity index (χ0n) is 19.5. The maximum atomic E-state index is 12.8. The normalized spacial score (nSPS) is 14.4. The zero-order valence-corrected chi connectivity index (χ0v) is 21.1. The second-order valence-electron chi connectivity index (χ2n) is 7.54. The van der Waals surface area contributed by atoms with Crippen LogP contribution in [0.1, 0.15) is 31.2 Å². The van der Waals surface area contributed by atoms with Crippen LogP contribution in [0.3, 0.4) is 0 Å². The summed E-state index contributed by atoms with van der Waals surface area (Å²) < 4.78 is 16.3. The Labute approximate surface area is 209 Å². The van der Waals surface area contributed by atoms with E-state index in [9.17, 15) is 9.59 Å². The topological polar surface area (TPSA) is 77.1 Å². The third kappa shape index (κ3) is 6.74. The highest BCUT2D eigenvalue weighted by Crippen LogP contribution is 2.34. The number of thioether (sulfide) groups is 1. The fraction of sp³-hybridized carbons (Fsp3) is 0.320. The fourth-order valence-electron chi connectivity index (χ4n) is 3.44. The standard InChI is InChI=1S/C25H28N2O5S2/c1-30-19-9-7-8-18(16-19)26-23(28)10-5-4-6-13-27-24(29)22(34-25(27)33)15-17-11-12-20(31-2)21(14-17)32-3/h7-9,11-12,14-16H,4-6,10,13H2,1-3H3,(H,26,28). The quantitative estimate of drug-likeness (QED) is 0.261. The Kier molecular flexibility index (Phi) is 9.35. The van der Waals surface area contributed by atoms with Gasteiger partial charge in [0.05, 0.1) is 26.2 Å². The molecule has 1 aliphatic heterocycles. The first kappa shape index (κ1) is 25.6. The minimum absolute atomic E-state index is 0.0447. The summed E-state index contributed by atoms with van der Waals surface area (Å²) in [5, 5.41) is 2.88. The van der Waals surface area contributed by atoms with Crippen molar-refractivity contribution in [2.24, 2.45) is 0 Å². The Bertz CT molecular complexity index is 1090. The lowest BCUT2D eigenvalue weighted by molar-refractivity contribution is -0.122. The molecule has 2 aromatic rings. The number of ether oxygens (including phenoxy) is 3. The summed E-state index contributed by atoms with van der Waals surface area (Å²) in [5.74, 6) is 1.78. The van der Waals surface area contributed by atoms with Crippen molar-refractivity contribution in [2.75, 3.05) is 33.2 Å². The first-order chi connectivity index (χ1) is 16.4. The van der Waals surface area contributed by atoms with E-state index in [4.69, 9.17) is 26.4 Å².